The summed E-state index contributed by atoms with van der Waals surface area (Å²) in [6.07, 6.45) is -0.110. The van der Waals surface area contributed by atoms with Gasteiger partial charge in [0.2, 0.25) is 5.91 Å². The Bertz CT molecular complexity index is 1010. The molecule has 0 bridgehead atoms. The van der Waals surface area contributed by atoms with E-state index in [0.29, 0.717) is 17.0 Å². The number of nitrogens with zero attached hydrogens (tertiary/aromatic N) is 1. The molecule has 3 aromatic rings. The van der Waals surface area contributed by atoms with Crippen molar-refractivity contribution in [1.82, 2.24) is 0 Å². The Labute approximate surface area is 160 Å². The lowest BCUT2D eigenvalue weighted by Crippen LogP contribution is -2.15. The molecule has 142 valence electrons. The molecule has 0 atom stereocenters. The third kappa shape index (κ3) is 5.14. The highest BCUT2D eigenvalue weighted by atomic mass is 19.1. The number of anilines is 1. The van der Waals surface area contributed by atoms with Gasteiger partial charge in [-0.3, -0.25) is 14.9 Å². The Morgan fingerprint density at radius 2 is 1.82 bits per heavy atom. The summed E-state index contributed by atoms with van der Waals surface area (Å²) in [4.78, 5) is 22.8. The number of amides is 1. The predicted octanol–water partition coefficient (Wildman–Crippen LogP) is 4.49. The van der Waals surface area contributed by atoms with Gasteiger partial charge < -0.3 is 10.1 Å². The molecule has 0 aromatic heterocycles. The van der Waals surface area contributed by atoms with Gasteiger partial charge in [-0.05, 0) is 29.8 Å². The van der Waals surface area contributed by atoms with Crippen LogP contribution >= 0.6 is 0 Å². The summed E-state index contributed by atoms with van der Waals surface area (Å²) < 4.78 is 18.7. The summed E-state index contributed by atoms with van der Waals surface area (Å²) in [5, 5.41) is 13.8. The molecule has 0 heterocycles. The minimum absolute atomic E-state index is 0.0881. The van der Waals surface area contributed by atoms with E-state index in [9.17, 15) is 19.3 Å². The van der Waals surface area contributed by atoms with Crippen LogP contribution in [0.4, 0.5) is 15.8 Å². The van der Waals surface area contributed by atoms with Gasteiger partial charge in [0, 0.05) is 23.4 Å². The Kier molecular flexibility index (Phi) is 5.96. The Morgan fingerprint density at radius 1 is 1.04 bits per heavy atom. The monoisotopic (exact) mass is 380 g/mol. The van der Waals surface area contributed by atoms with Crippen LogP contribution < -0.4 is 10.1 Å². The molecule has 0 fully saturated rings. The zero-order chi connectivity index (χ0) is 19.9. The zero-order valence-corrected chi connectivity index (χ0v) is 14.8. The van der Waals surface area contributed by atoms with Crippen LogP contribution in [-0.4, -0.2) is 10.8 Å². The van der Waals surface area contributed by atoms with E-state index < -0.39 is 4.92 Å². The molecule has 6 nitrogen and oxygen atoms in total. The fourth-order valence-corrected chi connectivity index (χ4v) is 2.68. The minimum atomic E-state index is -0.507. The van der Waals surface area contributed by atoms with Crippen LogP contribution in [0, 0.1) is 15.9 Å². The fourth-order valence-electron chi connectivity index (χ4n) is 2.68. The standard InChI is InChI=1S/C21H17FN2O4/c22-17-7-4-9-19(13-17)28-14-15-5-3-8-18(11-15)23-21(25)12-16-6-1-2-10-20(16)24(26)27/h1-11,13H,12,14H2,(H,23,25). The minimum Gasteiger partial charge on any atom is -0.489 e. The average Bonchev–Trinajstić information content (AvgIpc) is 2.67. The third-order valence-electron chi connectivity index (χ3n) is 3.95. The normalized spacial score (nSPS) is 10.3. The number of carbonyl (C=O) groups is 1. The van der Waals surface area contributed by atoms with E-state index in [4.69, 9.17) is 4.74 Å². The van der Waals surface area contributed by atoms with Gasteiger partial charge in [0.25, 0.3) is 5.69 Å². The van der Waals surface area contributed by atoms with E-state index in [1.54, 1.807) is 48.5 Å². The summed E-state index contributed by atoms with van der Waals surface area (Å²) in [6.45, 7) is 0.206. The van der Waals surface area contributed by atoms with Crippen LogP contribution in [0.3, 0.4) is 0 Å². The van der Waals surface area contributed by atoms with Crippen molar-refractivity contribution in [3.63, 3.8) is 0 Å². The van der Waals surface area contributed by atoms with Crippen molar-refractivity contribution in [1.29, 1.82) is 0 Å². The van der Waals surface area contributed by atoms with E-state index in [1.165, 1.54) is 18.2 Å². The van der Waals surface area contributed by atoms with Gasteiger partial charge in [-0.2, -0.15) is 0 Å². The van der Waals surface area contributed by atoms with Crippen molar-refractivity contribution >= 4 is 17.3 Å². The largest absolute Gasteiger partial charge is 0.489 e. The Balaban J connectivity index is 1.62. The molecule has 0 aliphatic heterocycles. The number of nitro benzene ring substituents is 1. The average molecular weight is 380 g/mol. The van der Waals surface area contributed by atoms with Gasteiger partial charge in [-0.1, -0.05) is 36.4 Å². The number of hydrogen-bond donors (Lipinski definition) is 1. The Morgan fingerprint density at radius 3 is 2.61 bits per heavy atom. The summed E-state index contributed by atoms with van der Waals surface area (Å²) in [5.74, 6) is -0.336. The van der Waals surface area contributed by atoms with Crippen LogP contribution in [0.15, 0.2) is 72.8 Å². The van der Waals surface area contributed by atoms with Crippen molar-refractivity contribution in [3.05, 3.63) is 99.9 Å². The van der Waals surface area contributed by atoms with Gasteiger partial charge in [-0.15, -0.1) is 0 Å². The van der Waals surface area contributed by atoms with Crippen molar-refractivity contribution in [3.8, 4) is 5.75 Å². The molecular weight excluding hydrogens is 363 g/mol. The number of benzene rings is 3. The number of halogens is 1. The second-order valence-corrected chi connectivity index (χ2v) is 6.06. The lowest BCUT2D eigenvalue weighted by molar-refractivity contribution is -0.385. The van der Waals surface area contributed by atoms with E-state index in [0.717, 1.165) is 5.56 Å². The van der Waals surface area contributed by atoms with Crippen molar-refractivity contribution in [2.75, 3.05) is 5.32 Å². The molecule has 0 spiro atoms. The van der Waals surface area contributed by atoms with Crippen LogP contribution in [-0.2, 0) is 17.8 Å². The maximum atomic E-state index is 13.2. The van der Waals surface area contributed by atoms with E-state index in [-0.39, 0.29) is 30.4 Å². The van der Waals surface area contributed by atoms with Gasteiger partial charge in [0.15, 0.2) is 0 Å². The Hall–Kier alpha value is -3.74. The number of nitro groups is 1. The highest BCUT2D eigenvalue weighted by Crippen LogP contribution is 2.20. The molecule has 0 unspecified atom stereocenters. The number of nitrogens with one attached hydrogen (secondary N) is 1. The molecule has 0 saturated carbocycles. The van der Waals surface area contributed by atoms with Crippen molar-refractivity contribution < 1.29 is 18.8 Å². The summed E-state index contributed by atoms with van der Waals surface area (Å²) in [6, 6.07) is 19.0. The maximum Gasteiger partial charge on any atom is 0.273 e. The molecule has 0 aliphatic carbocycles. The van der Waals surface area contributed by atoms with Crippen LogP contribution in [0.5, 0.6) is 5.75 Å². The topological polar surface area (TPSA) is 81.5 Å². The van der Waals surface area contributed by atoms with Gasteiger partial charge in [-0.25, -0.2) is 4.39 Å². The lowest BCUT2D eigenvalue weighted by Gasteiger charge is -2.09. The van der Waals surface area contributed by atoms with Gasteiger partial charge >= 0.3 is 0 Å². The van der Waals surface area contributed by atoms with Gasteiger partial charge in [0.1, 0.15) is 18.2 Å². The highest BCUT2D eigenvalue weighted by Gasteiger charge is 2.15. The summed E-state index contributed by atoms with van der Waals surface area (Å²) >= 11 is 0. The molecule has 0 radical (unpaired) electrons. The second-order valence-electron chi connectivity index (χ2n) is 6.06. The molecule has 1 amide bonds. The van der Waals surface area contributed by atoms with E-state index in [2.05, 4.69) is 5.32 Å². The van der Waals surface area contributed by atoms with Crippen molar-refractivity contribution in [2.45, 2.75) is 13.0 Å². The molecule has 3 aromatic carbocycles. The number of ether oxygens (including phenoxy) is 1. The first-order chi connectivity index (χ1) is 13.5. The first-order valence-corrected chi connectivity index (χ1v) is 8.51. The number of para-hydroxylation sites is 1. The first-order valence-electron chi connectivity index (χ1n) is 8.51. The van der Waals surface area contributed by atoms with Crippen LogP contribution in [0.2, 0.25) is 0 Å². The molecular formula is C21H17FN2O4. The van der Waals surface area contributed by atoms with Crippen LogP contribution in [0.25, 0.3) is 0 Å². The molecule has 0 saturated heterocycles. The quantitative estimate of drug-likeness (QED) is 0.483. The SMILES string of the molecule is O=C(Cc1ccccc1[N+](=O)[O-])Nc1cccc(COc2cccc(F)c2)c1. The number of carbonyl (C=O) groups excluding carboxylic acids is 1. The zero-order valence-electron chi connectivity index (χ0n) is 14.8. The van der Waals surface area contributed by atoms with Gasteiger partial charge in [0.05, 0.1) is 11.3 Å². The molecule has 3 rings (SSSR count). The first kappa shape index (κ1) is 19.0. The third-order valence-corrected chi connectivity index (χ3v) is 3.95. The molecule has 1 N–H and O–H groups in total. The lowest BCUT2D eigenvalue weighted by atomic mass is 10.1. The fraction of sp³-hybridized carbons (Fsp3) is 0.0952. The smallest absolute Gasteiger partial charge is 0.273 e. The maximum absolute atomic E-state index is 13.2. The van der Waals surface area contributed by atoms with E-state index >= 15 is 0 Å². The number of hydrogen-bond acceptors (Lipinski definition) is 4. The van der Waals surface area contributed by atoms with Crippen LogP contribution in [0.1, 0.15) is 11.1 Å². The molecule has 7 heteroatoms. The summed E-state index contributed by atoms with van der Waals surface area (Å²) in [7, 11) is 0. The predicted molar refractivity (Wildman–Crippen MR) is 103 cm³/mol. The second kappa shape index (κ2) is 8.77. The van der Waals surface area contributed by atoms with E-state index in [1.807, 2.05) is 6.07 Å². The highest BCUT2D eigenvalue weighted by molar-refractivity contribution is 5.92. The number of rotatable bonds is 7. The summed E-state index contributed by atoms with van der Waals surface area (Å²) in [5.41, 5.74) is 1.59. The molecule has 0 aliphatic rings. The van der Waals surface area contributed by atoms with Crippen molar-refractivity contribution in [2.24, 2.45) is 0 Å². The molecule has 28 heavy (non-hydrogen) atoms.